The lowest BCUT2D eigenvalue weighted by atomic mass is 9.86. The Labute approximate surface area is 106 Å². The molecule has 2 heteroatoms. The molecule has 0 unspecified atom stereocenters. The predicted molar refractivity (Wildman–Crippen MR) is 73.4 cm³/mol. The minimum atomic E-state index is -0.582. The standard InChI is InChI=1S/C15H18OS/c16-15(9-3-1-2-4-10-15)13-7-5-6-12-8-11-17-14(12)13/h5-8,11,16H,1-4,9-10H2. The molecule has 0 spiro atoms. The summed E-state index contributed by atoms with van der Waals surface area (Å²) >= 11 is 1.75. The summed E-state index contributed by atoms with van der Waals surface area (Å²) in [6.45, 7) is 0. The molecule has 17 heavy (non-hydrogen) atoms. The zero-order valence-electron chi connectivity index (χ0n) is 9.98. The van der Waals surface area contributed by atoms with E-state index in [4.69, 9.17) is 0 Å². The smallest absolute Gasteiger partial charge is 0.0910 e. The van der Waals surface area contributed by atoms with Crippen LogP contribution in [-0.4, -0.2) is 5.11 Å². The van der Waals surface area contributed by atoms with Gasteiger partial charge in [-0.2, -0.15) is 0 Å². The van der Waals surface area contributed by atoms with Crippen LogP contribution in [0.1, 0.15) is 44.1 Å². The van der Waals surface area contributed by atoms with E-state index in [1.54, 1.807) is 11.3 Å². The second-order valence-corrected chi connectivity index (χ2v) is 6.01. The zero-order valence-corrected chi connectivity index (χ0v) is 10.8. The summed E-state index contributed by atoms with van der Waals surface area (Å²) in [4.78, 5) is 0. The molecular weight excluding hydrogens is 228 g/mol. The number of aliphatic hydroxyl groups is 1. The van der Waals surface area contributed by atoms with Crippen molar-refractivity contribution >= 4 is 21.4 Å². The highest BCUT2D eigenvalue weighted by Crippen LogP contribution is 2.40. The first-order chi connectivity index (χ1) is 8.30. The average Bonchev–Trinajstić information content (AvgIpc) is 2.71. The lowest BCUT2D eigenvalue weighted by Crippen LogP contribution is -2.24. The van der Waals surface area contributed by atoms with Gasteiger partial charge < -0.3 is 5.11 Å². The predicted octanol–water partition coefficient (Wildman–Crippen LogP) is 4.44. The molecule has 1 saturated carbocycles. The Hall–Kier alpha value is -0.860. The van der Waals surface area contributed by atoms with Crippen molar-refractivity contribution in [2.45, 2.75) is 44.1 Å². The van der Waals surface area contributed by atoms with Crippen molar-refractivity contribution in [1.82, 2.24) is 0 Å². The first kappa shape index (κ1) is 11.2. The third-order valence-corrected chi connectivity index (χ3v) is 4.87. The zero-order chi connectivity index (χ0) is 11.7. The third-order valence-electron chi connectivity index (χ3n) is 3.91. The normalized spacial score (nSPS) is 20.3. The first-order valence-corrected chi connectivity index (χ1v) is 7.37. The van der Waals surface area contributed by atoms with Crippen LogP contribution in [0.25, 0.3) is 10.1 Å². The van der Waals surface area contributed by atoms with Crippen LogP contribution in [0.4, 0.5) is 0 Å². The quantitative estimate of drug-likeness (QED) is 0.737. The summed E-state index contributed by atoms with van der Waals surface area (Å²) < 4.78 is 1.27. The van der Waals surface area contributed by atoms with E-state index in [1.165, 1.54) is 22.9 Å². The van der Waals surface area contributed by atoms with E-state index < -0.39 is 5.60 Å². The van der Waals surface area contributed by atoms with E-state index in [0.29, 0.717) is 0 Å². The van der Waals surface area contributed by atoms with E-state index in [2.05, 4.69) is 29.6 Å². The van der Waals surface area contributed by atoms with Crippen molar-refractivity contribution in [2.75, 3.05) is 0 Å². The molecule has 1 nitrogen and oxygen atoms in total. The monoisotopic (exact) mass is 246 g/mol. The Morgan fingerprint density at radius 2 is 1.76 bits per heavy atom. The van der Waals surface area contributed by atoms with Crippen molar-refractivity contribution < 1.29 is 5.11 Å². The lowest BCUT2D eigenvalue weighted by molar-refractivity contribution is 0.0223. The minimum absolute atomic E-state index is 0.582. The van der Waals surface area contributed by atoms with Gasteiger partial charge in [0.15, 0.2) is 0 Å². The van der Waals surface area contributed by atoms with Gasteiger partial charge in [-0.25, -0.2) is 0 Å². The van der Waals surface area contributed by atoms with Gasteiger partial charge in [0.25, 0.3) is 0 Å². The highest BCUT2D eigenvalue weighted by atomic mass is 32.1. The lowest BCUT2D eigenvalue weighted by Gasteiger charge is -2.27. The molecule has 1 fully saturated rings. The molecule has 0 bridgehead atoms. The Morgan fingerprint density at radius 1 is 1.00 bits per heavy atom. The number of fused-ring (bicyclic) bond motifs is 1. The number of benzene rings is 1. The summed E-state index contributed by atoms with van der Waals surface area (Å²) in [7, 11) is 0. The molecule has 1 aromatic carbocycles. The number of thiophene rings is 1. The molecule has 90 valence electrons. The maximum Gasteiger partial charge on any atom is 0.0910 e. The molecule has 1 N–H and O–H groups in total. The van der Waals surface area contributed by atoms with E-state index in [-0.39, 0.29) is 0 Å². The molecule has 0 radical (unpaired) electrons. The fraction of sp³-hybridized carbons (Fsp3) is 0.467. The molecule has 0 atom stereocenters. The van der Waals surface area contributed by atoms with E-state index >= 15 is 0 Å². The Bertz CT molecular complexity index is 506. The van der Waals surface area contributed by atoms with Crippen LogP contribution in [0.5, 0.6) is 0 Å². The Kier molecular flexibility index (Phi) is 2.93. The van der Waals surface area contributed by atoms with Gasteiger partial charge >= 0.3 is 0 Å². The first-order valence-electron chi connectivity index (χ1n) is 6.49. The van der Waals surface area contributed by atoms with Crippen molar-refractivity contribution in [3.05, 3.63) is 35.2 Å². The van der Waals surface area contributed by atoms with Gasteiger partial charge in [-0.3, -0.25) is 0 Å². The molecule has 1 aromatic heterocycles. The third kappa shape index (κ3) is 2.00. The van der Waals surface area contributed by atoms with Gasteiger partial charge in [-0.15, -0.1) is 11.3 Å². The number of rotatable bonds is 1. The van der Waals surface area contributed by atoms with Crippen molar-refractivity contribution in [2.24, 2.45) is 0 Å². The average molecular weight is 246 g/mol. The van der Waals surface area contributed by atoms with Crippen molar-refractivity contribution in [3.63, 3.8) is 0 Å². The van der Waals surface area contributed by atoms with Gasteiger partial charge in [0, 0.05) is 10.3 Å². The van der Waals surface area contributed by atoms with Crippen LogP contribution in [0, 0.1) is 0 Å². The Balaban J connectivity index is 2.09. The van der Waals surface area contributed by atoms with E-state index in [9.17, 15) is 5.11 Å². The Morgan fingerprint density at radius 3 is 2.53 bits per heavy atom. The minimum Gasteiger partial charge on any atom is -0.385 e. The summed E-state index contributed by atoms with van der Waals surface area (Å²) in [6, 6.07) is 8.47. The molecule has 0 aliphatic heterocycles. The highest BCUT2D eigenvalue weighted by molar-refractivity contribution is 7.17. The summed E-state index contributed by atoms with van der Waals surface area (Å²) in [5.41, 5.74) is 0.577. The largest absolute Gasteiger partial charge is 0.385 e. The summed E-state index contributed by atoms with van der Waals surface area (Å²) in [5.74, 6) is 0. The fourth-order valence-electron chi connectivity index (χ4n) is 2.94. The van der Waals surface area contributed by atoms with Crippen LogP contribution in [0.3, 0.4) is 0 Å². The topological polar surface area (TPSA) is 20.2 Å². The molecule has 0 amide bonds. The van der Waals surface area contributed by atoms with Gasteiger partial charge in [0.1, 0.15) is 0 Å². The molecule has 1 aliphatic carbocycles. The molecule has 1 aliphatic rings. The van der Waals surface area contributed by atoms with Crippen LogP contribution in [0.15, 0.2) is 29.6 Å². The molecular formula is C15H18OS. The van der Waals surface area contributed by atoms with Crippen molar-refractivity contribution in [1.29, 1.82) is 0 Å². The van der Waals surface area contributed by atoms with Crippen LogP contribution >= 0.6 is 11.3 Å². The van der Waals surface area contributed by atoms with Crippen LogP contribution in [0.2, 0.25) is 0 Å². The maximum absolute atomic E-state index is 10.9. The summed E-state index contributed by atoms with van der Waals surface area (Å²) in [5, 5.41) is 14.3. The van der Waals surface area contributed by atoms with Crippen molar-refractivity contribution in [3.8, 4) is 0 Å². The number of hydrogen-bond acceptors (Lipinski definition) is 2. The number of hydrogen-bond donors (Lipinski definition) is 1. The fourth-order valence-corrected chi connectivity index (χ4v) is 3.95. The molecule has 1 heterocycles. The summed E-state index contributed by atoms with van der Waals surface area (Å²) in [6.07, 6.45) is 6.68. The van der Waals surface area contributed by atoms with Crippen LogP contribution < -0.4 is 0 Å². The second kappa shape index (κ2) is 4.43. The van der Waals surface area contributed by atoms with Crippen LogP contribution in [-0.2, 0) is 5.60 Å². The SMILES string of the molecule is OC1(c2cccc3ccsc23)CCCCCC1. The van der Waals surface area contributed by atoms with Gasteiger partial charge in [-0.05, 0) is 29.7 Å². The van der Waals surface area contributed by atoms with E-state index in [1.807, 2.05) is 0 Å². The highest BCUT2D eigenvalue weighted by Gasteiger charge is 2.31. The van der Waals surface area contributed by atoms with Gasteiger partial charge in [0.05, 0.1) is 5.60 Å². The van der Waals surface area contributed by atoms with Gasteiger partial charge in [0.2, 0.25) is 0 Å². The molecule has 3 rings (SSSR count). The van der Waals surface area contributed by atoms with Gasteiger partial charge in [-0.1, -0.05) is 43.9 Å². The second-order valence-electron chi connectivity index (χ2n) is 5.09. The maximum atomic E-state index is 10.9. The van der Waals surface area contributed by atoms with E-state index in [0.717, 1.165) is 31.2 Å². The molecule has 0 saturated heterocycles. The molecule has 2 aromatic rings.